The molecule has 0 amide bonds. The molecule has 4 heteroatoms. The largest absolute Gasteiger partial charge is 0.376 e. The summed E-state index contributed by atoms with van der Waals surface area (Å²) in [7, 11) is 0. The quantitative estimate of drug-likeness (QED) is 0.911. The molecule has 0 saturated carbocycles. The van der Waals surface area contributed by atoms with E-state index in [1.807, 2.05) is 24.3 Å². The van der Waals surface area contributed by atoms with Gasteiger partial charge in [-0.15, -0.1) is 12.4 Å². The Morgan fingerprint density at radius 2 is 2.33 bits per heavy atom. The van der Waals surface area contributed by atoms with Gasteiger partial charge in [0, 0.05) is 6.54 Å². The van der Waals surface area contributed by atoms with E-state index in [9.17, 15) is 0 Å². The number of benzene rings is 1. The zero-order valence-corrected chi connectivity index (χ0v) is 11.2. The Kier molecular flexibility index (Phi) is 6.74. The number of ether oxygens (including phenoxy) is 1. The Bertz CT molecular complexity index is 397. The molecule has 0 radical (unpaired) electrons. The SMILES string of the molecule is Cl.N#Cc1cccc(COCC2CCCNC2)c1. The van der Waals surface area contributed by atoms with Crippen molar-refractivity contribution >= 4 is 12.4 Å². The summed E-state index contributed by atoms with van der Waals surface area (Å²) in [6.07, 6.45) is 2.50. The van der Waals surface area contributed by atoms with Crippen LogP contribution in [0, 0.1) is 17.2 Å². The second kappa shape index (κ2) is 8.10. The first-order chi connectivity index (χ1) is 8.38. The first-order valence-electron chi connectivity index (χ1n) is 6.16. The summed E-state index contributed by atoms with van der Waals surface area (Å²) < 4.78 is 5.71. The van der Waals surface area contributed by atoms with Crippen molar-refractivity contribution in [2.45, 2.75) is 19.4 Å². The van der Waals surface area contributed by atoms with Gasteiger partial charge in [-0.05, 0) is 43.0 Å². The van der Waals surface area contributed by atoms with Gasteiger partial charge in [0.15, 0.2) is 0 Å². The number of nitrogens with one attached hydrogen (secondary N) is 1. The van der Waals surface area contributed by atoms with Crippen molar-refractivity contribution in [1.29, 1.82) is 5.26 Å². The average molecular weight is 267 g/mol. The van der Waals surface area contributed by atoms with Gasteiger partial charge in [0.25, 0.3) is 0 Å². The number of hydrogen-bond acceptors (Lipinski definition) is 3. The maximum atomic E-state index is 8.79. The van der Waals surface area contributed by atoms with Crippen molar-refractivity contribution in [1.82, 2.24) is 5.32 Å². The van der Waals surface area contributed by atoms with Crippen molar-refractivity contribution in [2.24, 2.45) is 5.92 Å². The van der Waals surface area contributed by atoms with Crippen LogP contribution in [0.5, 0.6) is 0 Å². The summed E-state index contributed by atoms with van der Waals surface area (Å²) in [6.45, 7) is 3.62. The maximum absolute atomic E-state index is 8.79. The molecule has 2 rings (SSSR count). The summed E-state index contributed by atoms with van der Waals surface area (Å²) in [5, 5.41) is 12.2. The molecule has 1 saturated heterocycles. The third-order valence-electron chi connectivity index (χ3n) is 3.08. The Morgan fingerprint density at radius 1 is 1.44 bits per heavy atom. The van der Waals surface area contributed by atoms with Crippen LogP contribution in [0.3, 0.4) is 0 Å². The topological polar surface area (TPSA) is 45.0 Å². The van der Waals surface area contributed by atoms with E-state index in [0.717, 1.165) is 25.3 Å². The zero-order chi connectivity index (χ0) is 11.9. The van der Waals surface area contributed by atoms with Crippen LogP contribution in [0.4, 0.5) is 0 Å². The lowest BCUT2D eigenvalue weighted by Gasteiger charge is -2.22. The number of piperidine rings is 1. The van der Waals surface area contributed by atoms with E-state index in [2.05, 4.69) is 11.4 Å². The molecule has 18 heavy (non-hydrogen) atoms. The molecule has 1 fully saturated rings. The highest BCUT2D eigenvalue weighted by Gasteiger charge is 2.12. The highest BCUT2D eigenvalue weighted by atomic mass is 35.5. The molecule has 1 N–H and O–H groups in total. The van der Waals surface area contributed by atoms with Gasteiger partial charge in [0.05, 0.1) is 24.8 Å². The van der Waals surface area contributed by atoms with E-state index >= 15 is 0 Å². The Morgan fingerprint density at radius 3 is 3.06 bits per heavy atom. The number of hydrogen-bond donors (Lipinski definition) is 1. The van der Waals surface area contributed by atoms with Crippen molar-refractivity contribution in [3.05, 3.63) is 35.4 Å². The smallest absolute Gasteiger partial charge is 0.0991 e. The predicted octanol–water partition coefficient (Wildman–Crippen LogP) is 2.50. The molecule has 0 aliphatic carbocycles. The van der Waals surface area contributed by atoms with Crippen molar-refractivity contribution in [3.63, 3.8) is 0 Å². The van der Waals surface area contributed by atoms with Crippen LogP contribution in [0.2, 0.25) is 0 Å². The second-order valence-electron chi connectivity index (χ2n) is 4.54. The summed E-state index contributed by atoms with van der Waals surface area (Å²) in [6, 6.07) is 9.75. The van der Waals surface area contributed by atoms with E-state index in [1.165, 1.54) is 12.8 Å². The van der Waals surface area contributed by atoms with E-state index < -0.39 is 0 Å². The van der Waals surface area contributed by atoms with Gasteiger partial charge < -0.3 is 10.1 Å². The summed E-state index contributed by atoms with van der Waals surface area (Å²) >= 11 is 0. The third-order valence-corrected chi connectivity index (χ3v) is 3.08. The lowest BCUT2D eigenvalue weighted by Crippen LogP contribution is -2.32. The van der Waals surface area contributed by atoms with Gasteiger partial charge in [-0.2, -0.15) is 5.26 Å². The highest BCUT2D eigenvalue weighted by molar-refractivity contribution is 5.85. The normalized spacial score (nSPS) is 18.7. The van der Waals surface area contributed by atoms with Crippen LogP contribution >= 0.6 is 12.4 Å². The van der Waals surface area contributed by atoms with E-state index in [4.69, 9.17) is 10.00 Å². The average Bonchev–Trinajstić information content (AvgIpc) is 2.40. The Balaban J connectivity index is 0.00000162. The van der Waals surface area contributed by atoms with Crippen molar-refractivity contribution < 1.29 is 4.74 Å². The monoisotopic (exact) mass is 266 g/mol. The first-order valence-corrected chi connectivity index (χ1v) is 6.16. The molecule has 1 aliphatic heterocycles. The molecule has 0 bridgehead atoms. The minimum Gasteiger partial charge on any atom is -0.376 e. The van der Waals surface area contributed by atoms with E-state index in [-0.39, 0.29) is 12.4 Å². The lowest BCUT2D eigenvalue weighted by atomic mass is 10.0. The molecular weight excluding hydrogens is 248 g/mol. The number of nitrogens with zero attached hydrogens (tertiary/aromatic N) is 1. The van der Waals surface area contributed by atoms with Gasteiger partial charge in [-0.3, -0.25) is 0 Å². The standard InChI is InChI=1S/C14H18N2O.ClH/c15-8-12-3-1-4-13(7-12)10-17-11-14-5-2-6-16-9-14;/h1,3-4,7,14,16H,2,5-6,9-11H2;1H. The van der Waals surface area contributed by atoms with Crippen LogP contribution in [0.25, 0.3) is 0 Å². The fraction of sp³-hybridized carbons (Fsp3) is 0.500. The first kappa shape index (κ1) is 15.0. The summed E-state index contributed by atoms with van der Waals surface area (Å²) in [5.41, 5.74) is 1.78. The van der Waals surface area contributed by atoms with Gasteiger partial charge in [-0.1, -0.05) is 12.1 Å². The lowest BCUT2D eigenvalue weighted by molar-refractivity contribution is 0.0783. The minimum atomic E-state index is 0. The molecule has 0 spiro atoms. The number of halogens is 1. The number of nitriles is 1. The Labute approximate surface area is 115 Å². The Hall–Kier alpha value is -1.08. The fourth-order valence-electron chi connectivity index (χ4n) is 2.14. The van der Waals surface area contributed by atoms with Crippen LogP contribution < -0.4 is 5.32 Å². The predicted molar refractivity (Wildman–Crippen MR) is 73.7 cm³/mol. The molecule has 0 aromatic heterocycles. The van der Waals surface area contributed by atoms with E-state index in [1.54, 1.807) is 0 Å². The molecule has 1 heterocycles. The minimum absolute atomic E-state index is 0. The third kappa shape index (κ3) is 4.66. The molecule has 1 unspecified atom stereocenters. The van der Waals surface area contributed by atoms with Crippen molar-refractivity contribution in [3.8, 4) is 6.07 Å². The molecule has 1 aliphatic rings. The number of rotatable bonds is 4. The zero-order valence-electron chi connectivity index (χ0n) is 10.4. The van der Waals surface area contributed by atoms with Crippen LogP contribution in [0.15, 0.2) is 24.3 Å². The highest BCUT2D eigenvalue weighted by Crippen LogP contribution is 2.12. The summed E-state index contributed by atoms with van der Waals surface area (Å²) in [4.78, 5) is 0. The second-order valence-corrected chi connectivity index (χ2v) is 4.54. The molecule has 98 valence electrons. The molecule has 1 aromatic carbocycles. The fourth-order valence-corrected chi connectivity index (χ4v) is 2.14. The van der Waals surface area contributed by atoms with Crippen molar-refractivity contribution in [2.75, 3.05) is 19.7 Å². The van der Waals surface area contributed by atoms with Gasteiger partial charge in [0.2, 0.25) is 0 Å². The molecule has 3 nitrogen and oxygen atoms in total. The molecule has 1 aromatic rings. The molecule has 1 atom stereocenters. The van der Waals surface area contributed by atoms with Gasteiger partial charge >= 0.3 is 0 Å². The summed E-state index contributed by atoms with van der Waals surface area (Å²) in [5.74, 6) is 0.642. The van der Waals surface area contributed by atoms with Gasteiger partial charge in [0.1, 0.15) is 0 Å². The van der Waals surface area contributed by atoms with Gasteiger partial charge in [-0.25, -0.2) is 0 Å². The van der Waals surface area contributed by atoms with Crippen LogP contribution in [0.1, 0.15) is 24.0 Å². The van der Waals surface area contributed by atoms with Crippen LogP contribution in [-0.4, -0.2) is 19.7 Å². The maximum Gasteiger partial charge on any atom is 0.0991 e. The molecular formula is C14H19ClN2O. The van der Waals surface area contributed by atoms with Crippen LogP contribution in [-0.2, 0) is 11.3 Å². The van der Waals surface area contributed by atoms with E-state index in [0.29, 0.717) is 18.1 Å².